The van der Waals surface area contributed by atoms with Crippen LogP contribution in [0.25, 0.3) is 0 Å². The summed E-state index contributed by atoms with van der Waals surface area (Å²) in [6, 6.07) is 6.43. The number of para-hydroxylation sites is 1. The van der Waals surface area contributed by atoms with Gasteiger partial charge in [0.1, 0.15) is 16.1 Å². The monoisotopic (exact) mass is 536 g/mol. The maximum absolute atomic E-state index is 12.6. The van der Waals surface area contributed by atoms with Crippen LogP contribution in [0, 0.1) is 5.92 Å². The van der Waals surface area contributed by atoms with Crippen molar-refractivity contribution in [3.8, 4) is 5.75 Å². The van der Waals surface area contributed by atoms with Crippen LogP contribution in [0.2, 0.25) is 0 Å². The van der Waals surface area contributed by atoms with Gasteiger partial charge >= 0.3 is 6.36 Å². The Hall–Kier alpha value is -0.320. The third-order valence-corrected chi connectivity index (χ3v) is 6.77. The summed E-state index contributed by atoms with van der Waals surface area (Å²) < 4.78 is 50.3. The highest BCUT2D eigenvalue weighted by molar-refractivity contribution is 14.2. The molecular formula is C15H13F3I2O2. The number of rotatable bonds is 4. The molecule has 1 saturated carbocycles. The molecule has 7 heteroatoms. The number of hydrogen-bond donors (Lipinski definition) is 0. The minimum atomic E-state index is -4.67. The van der Waals surface area contributed by atoms with E-state index in [9.17, 15) is 13.2 Å². The zero-order valence-corrected chi connectivity index (χ0v) is 15.7. The van der Waals surface area contributed by atoms with Gasteiger partial charge in [-0.3, -0.25) is 0 Å². The Bertz CT molecular complexity index is 634. The van der Waals surface area contributed by atoms with E-state index >= 15 is 0 Å². The molecule has 1 aliphatic carbocycles. The fourth-order valence-electron chi connectivity index (χ4n) is 2.35. The molecule has 3 rings (SSSR count). The number of alkyl halides is 5. The Balaban J connectivity index is 2.01. The quantitative estimate of drug-likeness (QED) is 0.391. The first kappa shape index (κ1) is 16.5. The number of benzene rings is 1. The molecule has 1 aromatic carbocycles. The summed E-state index contributed by atoms with van der Waals surface area (Å²) in [5.74, 6) is 1.35. The van der Waals surface area contributed by atoms with Crippen molar-refractivity contribution in [3.63, 3.8) is 0 Å². The molecule has 2 nitrogen and oxygen atoms in total. The van der Waals surface area contributed by atoms with Gasteiger partial charge in [0.05, 0.1) is 0 Å². The Labute approximate surface area is 149 Å². The lowest BCUT2D eigenvalue weighted by Gasteiger charge is -2.23. The Morgan fingerprint density at radius 1 is 1.27 bits per heavy atom. The topological polar surface area (TPSA) is 18.5 Å². The van der Waals surface area contributed by atoms with E-state index < -0.39 is 27.1 Å². The van der Waals surface area contributed by atoms with Crippen LogP contribution in [0.1, 0.15) is 18.4 Å². The molecule has 0 unspecified atom stereocenters. The number of ether oxygens (including phenoxy) is 2. The fraction of sp³-hybridized carbons (Fsp3) is 0.400. The van der Waals surface area contributed by atoms with Gasteiger partial charge in [0.2, 0.25) is 0 Å². The standard InChI is InChI=1S/C15H13F3I2O2/c16-15(17,18)22-12-4-2-1-3-10(12)13-11(7-19)14(9-5-6-9)21-8-20-13/h1-4,9H,5-8H2. The normalized spacial score (nSPS) is 19.2. The van der Waals surface area contributed by atoms with E-state index in [4.69, 9.17) is 4.74 Å². The minimum absolute atomic E-state index is 0.107. The SMILES string of the molecule is FC(F)(F)Oc1ccccc1C1=ICOC(C2CC2)=C1CI. The van der Waals surface area contributed by atoms with Gasteiger partial charge < -0.3 is 9.47 Å². The van der Waals surface area contributed by atoms with Crippen molar-refractivity contribution in [2.45, 2.75) is 19.2 Å². The molecule has 0 radical (unpaired) electrons. The maximum Gasteiger partial charge on any atom is 0.573 e. The van der Waals surface area contributed by atoms with E-state index in [-0.39, 0.29) is 5.75 Å². The van der Waals surface area contributed by atoms with Gasteiger partial charge in [0.15, 0.2) is 0 Å². The third-order valence-electron chi connectivity index (χ3n) is 3.39. The Morgan fingerprint density at radius 3 is 2.64 bits per heavy atom. The second kappa shape index (κ2) is 6.66. The lowest BCUT2D eigenvalue weighted by Crippen LogP contribution is -2.20. The molecule has 0 N–H and O–H groups in total. The van der Waals surface area contributed by atoms with Crippen LogP contribution >= 0.6 is 43.3 Å². The molecule has 0 atom stereocenters. The average molecular weight is 536 g/mol. The minimum Gasteiger partial charge on any atom is -0.487 e. The van der Waals surface area contributed by atoms with E-state index in [2.05, 4.69) is 27.3 Å². The molecule has 1 heterocycles. The van der Waals surface area contributed by atoms with E-state index in [0.29, 0.717) is 16.1 Å². The van der Waals surface area contributed by atoms with Crippen molar-refractivity contribution in [1.82, 2.24) is 0 Å². The Morgan fingerprint density at radius 2 is 2.00 bits per heavy atom. The number of halogens is 5. The lowest BCUT2D eigenvalue weighted by molar-refractivity contribution is -0.274. The van der Waals surface area contributed by atoms with Gasteiger partial charge in [0, 0.05) is 25.0 Å². The molecule has 0 bridgehead atoms. The van der Waals surface area contributed by atoms with Crippen LogP contribution in [0.3, 0.4) is 0 Å². The van der Waals surface area contributed by atoms with Crippen molar-refractivity contribution >= 4 is 46.8 Å². The van der Waals surface area contributed by atoms with Crippen molar-refractivity contribution in [2.75, 3.05) is 9.04 Å². The van der Waals surface area contributed by atoms with Gasteiger partial charge in [-0.2, -0.15) is 0 Å². The molecule has 0 saturated heterocycles. The average Bonchev–Trinajstić information content (AvgIpc) is 3.30. The molecule has 22 heavy (non-hydrogen) atoms. The third kappa shape index (κ3) is 3.77. The zero-order valence-electron chi connectivity index (χ0n) is 11.4. The van der Waals surface area contributed by atoms with Gasteiger partial charge in [-0.05, 0) is 18.9 Å². The lowest BCUT2D eigenvalue weighted by atomic mass is 10.0. The van der Waals surface area contributed by atoms with Crippen molar-refractivity contribution in [3.05, 3.63) is 41.2 Å². The highest BCUT2D eigenvalue weighted by Crippen LogP contribution is 2.43. The van der Waals surface area contributed by atoms with Crippen LogP contribution in [-0.4, -0.2) is 18.9 Å². The highest BCUT2D eigenvalue weighted by atomic mass is 127. The first-order chi connectivity index (χ1) is 10.5. The molecular weight excluding hydrogens is 523 g/mol. The molecule has 1 aromatic rings. The van der Waals surface area contributed by atoms with E-state index in [1.807, 2.05) is 0 Å². The van der Waals surface area contributed by atoms with Crippen molar-refractivity contribution in [1.29, 1.82) is 0 Å². The van der Waals surface area contributed by atoms with E-state index in [1.165, 1.54) is 6.07 Å². The van der Waals surface area contributed by atoms with Crippen LogP contribution in [0.4, 0.5) is 13.2 Å². The van der Waals surface area contributed by atoms with Gasteiger partial charge in [-0.1, -0.05) is 61.5 Å². The van der Waals surface area contributed by atoms with Gasteiger partial charge in [-0.25, -0.2) is 0 Å². The first-order valence-corrected chi connectivity index (χ1v) is 10.9. The second-order valence-electron chi connectivity index (χ2n) is 5.00. The van der Waals surface area contributed by atoms with E-state index in [0.717, 1.165) is 32.1 Å². The first-order valence-electron chi connectivity index (χ1n) is 6.73. The van der Waals surface area contributed by atoms with Crippen LogP contribution < -0.4 is 4.74 Å². The predicted octanol–water partition coefficient (Wildman–Crippen LogP) is 5.16. The molecule has 1 aliphatic heterocycles. The summed E-state index contributed by atoms with van der Waals surface area (Å²) in [6.45, 7) is 0. The molecule has 0 amide bonds. The molecule has 1 fully saturated rings. The van der Waals surface area contributed by atoms with Crippen LogP contribution in [0.5, 0.6) is 5.75 Å². The summed E-state index contributed by atoms with van der Waals surface area (Å²) in [4.78, 5) is 0. The van der Waals surface area contributed by atoms with Gasteiger partial charge in [0.25, 0.3) is 0 Å². The zero-order chi connectivity index (χ0) is 15.7. The van der Waals surface area contributed by atoms with E-state index in [1.54, 1.807) is 18.2 Å². The molecule has 2 aliphatic rings. The maximum atomic E-state index is 12.6. The molecule has 0 aromatic heterocycles. The van der Waals surface area contributed by atoms with Crippen LogP contribution in [-0.2, 0) is 4.74 Å². The largest absolute Gasteiger partial charge is 0.573 e. The van der Waals surface area contributed by atoms with Crippen molar-refractivity contribution in [2.24, 2.45) is 5.92 Å². The van der Waals surface area contributed by atoms with Gasteiger partial charge in [-0.15, -0.1) is 13.2 Å². The predicted molar refractivity (Wildman–Crippen MR) is 95.8 cm³/mol. The summed E-state index contributed by atoms with van der Waals surface area (Å²) in [5, 5.41) is 0. The smallest absolute Gasteiger partial charge is 0.487 e. The summed E-state index contributed by atoms with van der Waals surface area (Å²) >= 11 is 1.78. The molecule has 120 valence electrons. The molecule has 0 spiro atoms. The fourth-order valence-corrected chi connectivity index (χ4v) is 6.41. The summed E-state index contributed by atoms with van der Waals surface area (Å²) in [5.41, 5.74) is 1.65. The number of hydrogen-bond acceptors (Lipinski definition) is 2. The van der Waals surface area contributed by atoms with Crippen molar-refractivity contribution < 1.29 is 22.6 Å². The second-order valence-corrected chi connectivity index (χ2v) is 8.22. The summed E-state index contributed by atoms with van der Waals surface area (Å²) in [7, 11) is 0. The Kier molecular flexibility index (Phi) is 5.01. The highest BCUT2D eigenvalue weighted by Gasteiger charge is 2.35. The summed E-state index contributed by atoms with van der Waals surface area (Å²) in [6.07, 6.45) is -2.45. The number of allylic oxidation sites excluding steroid dienone is 2. The van der Waals surface area contributed by atoms with Crippen LogP contribution in [0.15, 0.2) is 35.6 Å².